The number of carbonyl (C=O) groups excluding carboxylic acids is 1. The van der Waals surface area contributed by atoms with Crippen LogP contribution in [0.4, 0.5) is 5.69 Å². The number of anilines is 1. The van der Waals surface area contributed by atoms with Gasteiger partial charge in [-0.15, -0.1) is 0 Å². The zero-order valence-corrected chi connectivity index (χ0v) is 20.7. The van der Waals surface area contributed by atoms with Crippen molar-refractivity contribution >= 4 is 49.1 Å². The van der Waals surface area contributed by atoms with Gasteiger partial charge < -0.3 is 9.64 Å². The van der Waals surface area contributed by atoms with Crippen LogP contribution < -0.4 is 9.64 Å². The maximum absolute atomic E-state index is 13.4. The molecule has 1 amide bonds. The molecule has 0 saturated heterocycles. The molecule has 3 aromatic rings. The Bertz CT molecular complexity index is 1170. The lowest BCUT2D eigenvalue weighted by Crippen LogP contribution is -2.41. The summed E-state index contributed by atoms with van der Waals surface area (Å²) in [5.74, 6) is 0.293. The number of halogens is 2. The van der Waals surface area contributed by atoms with Crippen LogP contribution in [0.15, 0.2) is 82.2 Å². The molecule has 0 radical (unpaired) electrons. The highest BCUT2D eigenvalue weighted by Crippen LogP contribution is 2.23. The standard InChI is InChI=1S/C23H22BrClN2O4S/c1-26(20-9-11-21(31-2)12-10-20)23(28)16-27(15-17-3-5-18(24)6-4-17)32(29,30)22-13-7-19(25)8-14-22/h3-14H,15-16H2,1-2H3. The molecule has 168 valence electrons. The number of ether oxygens (including phenoxy) is 1. The first-order chi connectivity index (χ1) is 15.2. The van der Waals surface area contributed by atoms with Crippen molar-refractivity contribution < 1.29 is 17.9 Å². The SMILES string of the molecule is COc1ccc(N(C)C(=O)CN(Cc2ccc(Br)cc2)S(=O)(=O)c2ccc(Cl)cc2)cc1. The van der Waals surface area contributed by atoms with E-state index in [-0.39, 0.29) is 23.9 Å². The molecule has 3 rings (SSSR count). The Balaban J connectivity index is 1.89. The number of hydrogen-bond donors (Lipinski definition) is 0. The first kappa shape index (κ1) is 24.3. The van der Waals surface area contributed by atoms with Crippen molar-refractivity contribution in [3.05, 3.63) is 87.9 Å². The molecular formula is C23H22BrClN2O4S. The Labute approximate surface area is 201 Å². The molecular weight excluding hydrogens is 516 g/mol. The number of carbonyl (C=O) groups is 1. The topological polar surface area (TPSA) is 66.9 Å². The van der Waals surface area contributed by atoms with Crippen molar-refractivity contribution in [2.75, 3.05) is 25.6 Å². The van der Waals surface area contributed by atoms with Gasteiger partial charge in [0.1, 0.15) is 5.75 Å². The van der Waals surface area contributed by atoms with E-state index in [1.54, 1.807) is 38.4 Å². The number of hydrogen-bond acceptors (Lipinski definition) is 4. The van der Waals surface area contributed by atoms with Gasteiger partial charge in [0, 0.05) is 28.8 Å². The van der Waals surface area contributed by atoms with Crippen LogP contribution in [0.2, 0.25) is 5.02 Å². The average Bonchev–Trinajstić information content (AvgIpc) is 2.79. The number of benzene rings is 3. The van der Waals surface area contributed by atoms with Gasteiger partial charge in [0.05, 0.1) is 18.6 Å². The summed E-state index contributed by atoms with van der Waals surface area (Å²) in [5, 5.41) is 0.429. The van der Waals surface area contributed by atoms with Crippen LogP contribution in [0.25, 0.3) is 0 Å². The van der Waals surface area contributed by atoms with E-state index in [9.17, 15) is 13.2 Å². The minimum atomic E-state index is -3.95. The Morgan fingerprint density at radius 1 is 0.969 bits per heavy atom. The summed E-state index contributed by atoms with van der Waals surface area (Å²) in [4.78, 5) is 14.5. The Morgan fingerprint density at radius 3 is 2.12 bits per heavy atom. The lowest BCUT2D eigenvalue weighted by atomic mass is 10.2. The van der Waals surface area contributed by atoms with Gasteiger partial charge in [-0.25, -0.2) is 8.42 Å². The predicted octanol–water partition coefficient (Wildman–Crippen LogP) is 4.97. The molecule has 0 aliphatic rings. The molecule has 9 heteroatoms. The molecule has 0 N–H and O–H groups in total. The molecule has 3 aromatic carbocycles. The van der Waals surface area contributed by atoms with Crippen LogP contribution in [-0.2, 0) is 21.4 Å². The van der Waals surface area contributed by atoms with Crippen molar-refractivity contribution in [2.24, 2.45) is 0 Å². The second kappa shape index (κ2) is 10.5. The zero-order chi connectivity index (χ0) is 23.3. The van der Waals surface area contributed by atoms with E-state index in [2.05, 4.69) is 15.9 Å². The van der Waals surface area contributed by atoms with E-state index in [1.165, 1.54) is 33.5 Å². The first-order valence-electron chi connectivity index (χ1n) is 9.61. The van der Waals surface area contributed by atoms with Crippen molar-refractivity contribution in [3.8, 4) is 5.75 Å². The predicted molar refractivity (Wildman–Crippen MR) is 130 cm³/mol. The summed E-state index contributed by atoms with van der Waals surface area (Å²) in [6.07, 6.45) is 0. The van der Waals surface area contributed by atoms with E-state index >= 15 is 0 Å². The third kappa shape index (κ3) is 5.89. The fraction of sp³-hybridized carbons (Fsp3) is 0.174. The average molecular weight is 538 g/mol. The monoisotopic (exact) mass is 536 g/mol. The third-order valence-corrected chi connectivity index (χ3v) is 7.46. The van der Waals surface area contributed by atoms with Gasteiger partial charge >= 0.3 is 0 Å². The summed E-state index contributed by atoms with van der Waals surface area (Å²) in [5.41, 5.74) is 1.38. The highest BCUT2D eigenvalue weighted by atomic mass is 79.9. The zero-order valence-electron chi connectivity index (χ0n) is 17.5. The molecule has 0 aromatic heterocycles. The van der Waals surface area contributed by atoms with Gasteiger partial charge in [0.25, 0.3) is 0 Å². The van der Waals surface area contributed by atoms with E-state index in [0.717, 1.165) is 10.0 Å². The Morgan fingerprint density at radius 2 is 1.56 bits per heavy atom. The number of likely N-dealkylation sites (N-methyl/N-ethyl adjacent to an activating group) is 1. The largest absolute Gasteiger partial charge is 0.497 e. The number of amides is 1. The second-order valence-electron chi connectivity index (χ2n) is 7.00. The molecule has 0 saturated carbocycles. The minimum absolute atomic E-state index is 0.0421. The Kier molecular flexibility index (Phi) is 7.95. The fourth-order valence-corrected chi connectivity index (χ4v) is 4.75. The molecule has 0 atom stereocenters. The highest BCUT2D eigenvalue weighted by Gasteiger charge is 2.28. The van der Waals surface area contributed by atoms with Gasteiger partial charge in [-0.2, -0.15) is 4.31 Å². The van der Waals surface area contributed by atoms with Crippen LogP contribution in [-0.4, -0.2) is 39.3 Å². The lowest BCUT2D eigenvalue weighted by Gasteiger charge is -2.25. The van der Waals surface area contributed by atoms with Gasteiger partial charge in [-0.1, -0.05) is 39.7 Å². The van der Waals surface area contributed by atoms with Crippen molar-refractivity contribution in [1.82, 2.24) is 4.31 Å². The third-order valence-electron chi connectivity index (χ3n) is 4.87. The van der Waals surface area contributed by atoms with E-state index in [0.29, 0.717) is 16.5 Å². The highest BCUT2D eigenvalue weighted by molar-refractivity contribution is 9.10. The molecule has 0 unspecified atom stereocenters. The lowest BCUT2D eigenvalue weighted by molar-refractivity contribution is -0.118. The smallest absolute Gasteiger partial charge is 0.243 e. The van der Waals surface area contributed by atoms with Crippen molar-refractivity contribution in [3.63, 3.8) is 0 Å². The van der Waals surface area contributed by atoms with Gasteiger partial charge in [-0.05, 0) is 66.2 Å². The molecule has 0 fully saturated rings. The van der Waals surface area contributed by atoms with Gasteiger partial charge in [-0.3, -0.25) is 4.79 Å². The number of rotatable bonds is 8. The summed E-state index contributed by atoms with van der Waals surface area (Å²) in [6.45, 7) is -0.288. The quantitative estimate of drug-likeness (QED) is 0.407. The van der Waals surface area contributed by atoms with Gasteiger partial charge in [0.2, 0.25) is 15.9 Å². The van der Waals surface area contributed by atoms with Crippen molar-refractivity contribution in [1.29, 1.82) is 0 Å². The molecule has 32 heavy (non-hydrogen) atoms. The van der Waals surface area contributed by atoms with Crippen LogP contribution in [0.3, 0.4) is 0 Å². The maximum atomic E-state index is 13.4. The fourth-order valence-electron chi connectivity index (χ4n) is 2.98. The number of nitrogens with zero attached hydrogens (tertiary/aromatic N) is 2. The van der Waals surface area contributed by atoms with Crippen LogP contribution in [0.1, 0.15) is 5.56 Å². The van der Waals surface area contributed by atoms with Crippen LogP contribution >= 0.6 is 27.5 Å². The molecule has 0 bridgehead atoms. The van der Waals surface area contributed by atoms with Crippen molar-refractivity contribution in [2.45, 2.75) is 11.4 Å². The van der Waals surface area contributed by atoms with Gasteiger partial charge in [0.15, 0.2) is 0 Å². The summed E-state index contributed by atoms with van der Waals surface area (Å²) >= 11 is 9.29. The second-order valence-corrected chi connectivity index (χ2v) is 10.3. The van der Waals surface area contributed by atoms with E-state index in [1.807, 2.05) is 24.3 Å². The normalized spacial score (nSPS) is 11.4. The molecule has 0 heterocycles. The number of methoxy groups -OCH3 is 1. The van der Waals surface area contributed by atoms with E-state index in [4.69, 9.17) is 16.3 Å². The minimum Gasteiger partial charge on any atom is -0.497 e. The molecule has 0 aliphatic carbocycles. The maximum Gasteiger partial charge on any atom is 0.243 e. The summed E-state index contributed by atoms with van der Waals surface area (Å²) in [6, 6.07) is 20.1. The summed E-state index contributed by atoms with van der Waals surface area (Å²) < 4.78 is 34.0. The molecule has 0 aliphatic heterocycles. The molecule has 6 nitrogen and oxygen atoms in total. The molecule has 0 spiro atoms. The summed E-state index contributed by atoms with van der Waals surface area (Å²) in [7, 11) is -0.783. The van der Waals surface area contributed by atoms with Crippen LogP contribution in [0.5, 0.6) is 5.75 Å². The van der Waals surface area contributed by atoms with Crippen LogP contribution in [0, 0.1) is 0 Å². The number of sulfonamides is 1. The first-order valence-corrected chi connectivity index (χ1v) is 12.2. The van der Waals surface area contributed by atoms with E-state index < -0.39 is 10.0 Å². The Hall–Kier alpha value is -2.39.